The van der Waals surface area contributed by atoms with Crippen LogP contribution >= 0.6 is 0 Å². The summed E-state index contributed by atoms with van der Waals surface area (Å²) in [6, 6.07) is 5.91. The van der Waals surface area contributed by atoms with Crippen molar-refractivity contribution >= 4 is 17.7 Å². The number of halogens is 3. The molecule has 0 aliphatic rings. The monoisotopic (exact) mass is 300 g/mol. The summed E-state index contributed by atoms with van der Waals surface area (Å²) in [5.41, 5.74) is -0.107. The zero-order chi connectivity index (χ0) is 15.6. The van der Waals surface area contributed by atoms with Crippen LogP contribution in [0.3, 0.4) is 0 Å². The number of carbonyl (C=O) groups is 1. The standard InChI is InChI=1S/C13H11F3N2O3/c1-7(11(19)20)8-2-4-9(5-3-8)17-12-18-10(6-21-12)13(14,15)16/h2-7H,1H3,(H,17,18)(H,19,20)/t7-/m1/s1. The van der Waals surface area contributed by atoms with Gasteiger partial charge in [-0.2, -0.15) is 18.2 Å². The van der Waals surface area contributed by atoms with Gasteiger partial charge in [0.2, 0.25) is 0 Å². The number of rotatable bonds is 4. The van der Waals surface area contributed by atoms with Gasteiger partial charge in [0.25, 0.3) is 6.01 Å². The SMILES string of the molecule is C[C@@H](C(=O)O)c1ccc(Nc2nc(C(F)(F)F)co2)cc1. The van der Waals surface area contributed by atoms with E-state index in [1.807, 2.05) is 0 Å². The fourth-order valence-corrected chi connectivity index (χ4v) is 1.58. The lowest BCUT2D eigenvalue weighted by molar-refractivity contribution is -0.141. The van der Waals surface area contributed by atoms with E-state index in [-0.39, 0.29) is 6.01 Å². The molecule has 1 atom stereocenters. The molecule has 0 aliphatic heterocycles. The first-order valence-corrected chi connectivity index (χ1v) is 5.90. The van der Waals surface area contributed by atoms with E-state index in [2.05, 4.69) is 14.7 Å². The third-order valence-corrected chi connectivity index (χ3v) is 2.83. The van der Waals surface area contributed by atoms with Gasteiger partial charge in [-0.1, -0.05) is 12.1 Å². The summed E-state index contributed by atoms with van der Waals surface area (Å²) in [7, 11) is 0. The first-order valence-electron chi connectivity index (χ1n) is 5.90. The van der Waals surface area contributed by atoms with Gasteiger partial charge in [-0.05, 0) is 24.6 Å². The number of aromatic nitrogens is 1. The van der Waals surface area contributed by atoms with Crippen molar-refractivity contribution in [3.8, 4) is 0 Å². The maximum atomic E-state index is 12.4. The number of hydrogen-bond donors (Lipinski definition) is 2. The predicted octanol–water partition coefficient (Wildman–Crippen LogP) is 3.63. The summed E-state index contributed by atoms with van der Waals surface area (Å²) in [5, 5.41) is 11.4. The van der Waals surface area contributed by atoms with Crippen LogP contribution in [-0.2, 0) is 11.0 Å². The molecule has 0 saturated heterocycles. The number of carboxylic acid groups (broad SMARTS) is 1. The summed E-state index contributed by atoms with van der Waals surface area (Å²) in [6.07, 6.45) is -4.05. The number of aliphatic carboxylic acids is 1. The van der Waals surface area contributed by atoms with Gasteiger partial charge in [-0.15, -0.1) is 0 Å². The van der Waals surface area contributed by atoms with Crippen molar-refractivity contribution in [1.82, 2.24) is 4.98 Å². The lowest BCUT2D eigenvalue weighted by atomic mass is 10.0. The van der Waals surface area contributed by atoms with Gasteiger partial charge >= 0.3 is 12.1 Å². The second-order valence-corrected chi connectivity index (χ2v) is 4.34. The number of nitrogens with zero attached hydrogens (tertiary/aromatic N) is 1. The Kier molecular flexibility index (Phi) is 3.88. The molecule has 112 valence electrons. The summed E-state index contributed by atoms with van der Waals surface area (Å²) in [5.74, 6) is -1.63. The highest BCUT2D eigenvalue weighted by Crippen LogP contribution is 2.30. The van der Waals surface area contributed by atoms with Gasteiger partial charge in [0.05, 0.1) is 5.92 Å². The first kappa shape index (κ1) is 14.9. The number of anilines is 2. The number of benzene rings is 1. The highest BCUT2D eigenvalue weighted by Gasteiger charge is 2.34. The van der Waals surface area contributed by atoms with Gasteiger partial charge in [-0.25, -0.2) is 0 Å². The Bertz CT molecular complexity index is 635. The minimum Gasteiger partial charge on any atom is -0.481 e. The van der Waals surface area contributed by atoms with Crippen molar-refractivity contribution in [1.29, 1.82) is 0 Å². The lowest BCUT2D eigenvalue weighted by Gasteiger charge is -2.07. The van der Waals surface area contributed by atoms with Crippen LogP contribution in [0.1, 0.15) is 24.1 Å². The zero-order valence-electron chi connectivity index (χ0n) is 10.8. The van der Waals surface area contributed by atoms with E-state index in [9.17, 15) is 18.0 Å². The molecule has 0 saturated carbocycles. The molecular formula is C13H11F3N2O3. The molecule has 2 N–H and O–H groups in total. The molecule has 1 heterocycles. The molecule has 0 unspecified atom stereocenters. The Morgan fingerprint density at radius 2 is 1.95 bits per heavy atom. The maximum absolute atomic E-state index is 12.4. The molecule has 1 aromatic carbocycles. The van der Waals surface area contributed by atoms with Gasteiger partial charge < -0.3 is 14.8 Å². The van der Waals surface area contributed by atoms with E-state index in [1.165, 1.54) is 19.1 Å². The summed E-state index contributed by atoms with van der Waals surface area (Å²) in [6.45, 7) is 1.54. The topological polar surface area (TPSA) is 75.4 Å². The van der Waals surface area contributed by atoms with Gasteiger partial charge in [-0.3, -0.25) is 4.79 Å². The quantitative estimate of drug-likeness (QED) is 0.902. The predicted molar refractivity (Wildman–Crippen MR) is 67.3 cm³/mol. The minimum atomic E-state index is -4.57. The first-order chi connectivity index (χ1) is 9.77. The average molecular weight is 300 g/mol. The Balaban J connectivity index is 2.10. The minimum absolute atomic E-state index is 0.290. The highest BCUT2D eigenvalue weighted by atomic mass is 19.4. The molecule has 0 bridgehead atoms. The Morgan fingerprint density at radius 3 is 2.43 bits per heavy atom. The molecule has 0 amide bonds. The van der Waals surface area contributed by atoms with E-state index in [1.54, 1.807) is 12.1 Å². The molecule has 0 spiro atoms. The highest BCUT2D eigenvalue weighted by molar-refractivity contribution is 5.75. The van der Waals surface area contributed by atoms with Crippen LogP contribution in [-0.4, -0.2) is 16.1 Å². The molecular weight excluding hydrogens is 289 g/mol. The molecule has 0 radical (unpaired) electrons. The molecule has 2 rings (SSSR count). The average Bonchev–Trinajstić information content (AvgIpc) is 2.87. The summed E-state index contributed by atoms with van der Waals surface area (Å²) in [4.78, 5) is 14.1. The zero-order valence-corrected chi connectivity index (χ0v) is 10.8. The molecule has 5 nitrogen and oxygen atoms in total. The van der Waals surface area contributed by atoms with Crippen molar-refractivity contribution in [2.75, 3.05) is 5.32 Å². The van der Waals surface area contributed by atoms with E-state index >= 15 is 0 Å². The van der Waals surface area contributed by atoms with Crippen LogP contribution in [0, 0.1) is 0 Å². The molecule has 0 fully saturated rings. The third-order valence-electron chi connectivity index (χ3n) is 2.83. The molecule has 0 aliphatic carbocycles. The summed E-state index contributed by atoms with van der Waals surface area (Å²) < 4.78 is 41.7. The fourth-order valence-electron chi connectivity index (χ4n) is 1.58. The Morgan fingerprint density at radius 1 is 1.33 bits per heavy atom. The normalized spacial score (nSPS) is 13.0. The van der Waals surface area contributed by atoms with Gasteiger partial charge in [0, 0.05) is 5.69 Å². The maximum Gasteiger partial charge on any atom is 0.436 e. The molecule has 8 heteroatoms. The van der Waals surface area contributed by atoms with E-state index in [0.717, 1.165) is 0 Å². The number of alkyl halides is 3. The van der Waals surface area contributed by atoms with Crippen molar-refractivity contribution in [3.63, 3.8) is 0 Å². The number of hydrogen-bond acceptors (Lipinski definition) is 4. The van der Waals surface area contributed by atoms with Crippen molar-refractivity contribution in [2.24, 2.45) is 0 Å². The van der Waals surface area contributed by atoms with Crippen LogP contribution in [0.15, 0.2) is 34.9 Å². The van der Waals surface area contributed by atoms with Crippen LogP contribution in [0.4, 0.5) is 24.9 Å². The van der Waals surface area contributed by atoms with Gasteiger partial charge in [0.15, 0.2) is 5.69 Å². The Labute approximate surface area is 117 Å². The third kappa shape index (κ3) is 3.53. The van der Waals surface area contributed by atoms with Crippen LogP contribution < -0.4 is 5.32 Å². The van der Waals surface area contributed by atoms with Gasteiger partial charge in [0.1, 0.15) is 6.26 Å². The van der Waals surface area contributed by atoms with Crippen LogP contribution in [0.2, 0.25) is 0 Å². The van der Waals surface area contributed by atoms with Crippen LogP contribution in [0.25, 0.3) is 0 Å². The number of carboxylic acids is 1. The van der Waals surface area contributed by atoms with E-state index in [0.29, 0.717) is 17.5 Å². The van der Waals surface area contributed by atoms with Crippen LogP contribution in [0.5, 0.6) is 0 Å². The summed E-state index contributed by atoms with van der Waals surface area (Å²) >= 11 is 0. The fraction of sp³-hybridized carbons (Fsp3) is 0.231. The molecule has 2 aromatic rings. The van der Waals surface area contributed by atoms with Crippen molar-refractivity contribution < 1.29 is 27.5 Å². The number of nitrogens with one attached hydrogen (secondary N) is 1. The Hall–Kier alpha value is -2.51. The molecule has 1 aromatic heterocycles. The van der Waals surface area contributed by atoms with Crippen molar-refractivity contribution in [3.05, 3.63) is 41.8 Å². The smallest absolute Gasteiger partial charge is 0.436 e. The molecule has 21 heavy (non-hydrogen) atoms. The van der Waals surface area contributed by atoms with E-state index < -0.39 is 23.8 Å². The lowest BCUT2D eigenvalue weighted by Crippen LogP contribution is -2.07. The van der Waals surface area contributed by atoms with E-state index in [4.69, 9.17) is 5.11 Å². The number of oxazole rings is 1. The largest absolute Gasteiger partial charge is 0.481 e. The second-order valence-electron chi connectivity index (χ2n) is 4.34. The van der Waals surface area contributed by atoms with Crippen molar-refractivity contribution in [2.45, 2.75) is 19.0 Å². The second kappa shape index (κ2) is 5.47.